The Morgan fingerprint density at radius 2 is 2.22 bits per heavy atom. The molecular formula is C14H26N2O2. The molecule has 4 heteroatoms. The Morgan fingerprint density at radius 3 is 2.78 bits per heavy atom. The van der Waals surface area contributed by atoms with Crippen molar-refractivity contribution in [1.82, 2.24) is 10.2 Å². The summed E-state index contributed by atoms with van der Waals surface area (Å²) in [5.41, 5.74) is 0. The van der Waals surface area contributed by atoms with E-state index in [1.165, 1.54) is 0 Å². The van der Waals surface area contributed by atoms with Gasteiger partial charge < -0.3 is 5.32 Å². The minimum absolute atomic E-state index is 0.0731. The van der Waals surface area contributed by atoms with Crippen molar-refractivity contribution < 1.29 is 9.59 Å². The van der Waals surface area contributed by atoms with E-state index in [9.17, 15) is 9.59 Å². The first kappa shape index (κ1) is 15.2. The minimum Gasteiger partial charge on any atom is -0.355 e. The molecule has 1 rings (SSSR count). The van der Waals surface area contributed by atoms with E-state index in [-0.39, 0.29) is 11.8 Å². The maximum Gasteiger partial charge on any atom is 0.234 e. The Morgan fingerprint density at radius 1 is 1.50 bits per heavy atom. The highest BCUT2D eigenvalue weighted by Crippen LogP contribution is 2.24. The lowest BCUT2D eigenvalue weighted by Gasteiger charge is -2.18. The zero-order valence-electron chi connectivity index (χ0n) is 11.9. The van der Waals surface area contributed by atoms with Gasteiger partial charge in [-0.2, -0.15) is 0 Å². The summed E-state index contributed by atoms with van der Waals surface area (Å²) < 4.78 is 0. The van der Waals surface area contributed by atoms with Crippen LogP contribution in [0.4, 0.5) is 0 Å². The van der Waals surface area contributed by atoms with Gasteiger partial charge in [0, 0.05) is 18.9 Å². The number of rotatable bonds is 7. The fraction of sp³-hybridized carbons (Fsp3) is 0.857. The van der Waals surface area contributed by atoms with E-state index >= 15 is 0 Å². The van der Waals surface area contributed by atoms with Crippen molar-refractivity contribution in [2.45, 2.75) is 39.5 Å². The fourth-order valence-electron chi connectivity index (χ4n) is 2.27. The van der Waals surface area contributed by atoms with Gasteiger partial charge >= 0.3 is 0 Å². The number of carbonyl (C=O) groups excluding carboxylic acids is 2. The van der Waals surface area contributed by atoms with Crippen LogP contribution in [0.25, 0.3) is 0 Å². The normalized spacial score (nSPS) is 19.8. The molecule has 0 radical (unpaired) electrons. The summed E-state index contributed by atoms with van der Waals surface area (Å²) >= 11 is 0. The summed E-state index contributed by atoms with van der Waals surface area (Å²) in [6, 6.07) is 0. The minimum atomic E-state index is 0.0731. The topological polar surface area (TPSA) is 49.4 Å². The second kappa shape index (κ2) is 7.52. The second-order valence-corrected chi connectivity index (χ2v) is 5.78. The standard InChI is InChI=1S/C14H26N2O2/c1-11(2)9-15-14(18)10-16(3)8-7-12-5-4-6-13(12)17/h11-12H,4-10H2,1-3H3,(H,15,18). The zero-order chi connectivity index (χ0) is 13.5. The molecule has 1 aliphatic rings. The van der Waals surface area contributed by atoms with Gasteiger partial charge in [-0.05, 0) is 38.8 Å². The summed E-state index contributed by atoms with van der Waals surface area (Å²) in [4.78, 5) is 25.1. The molecule has 0 saturated heterocycles. The van der Waals surface area contributed by atoms with Crippen molar-refractivity contribution in [2.75, 3.05) is 26.7 Å². The van der Waals surface area contributed by atoms with E-state index in [0.29, 0.717) is 18.2 Å². The van der Waals surface area contributed by atoms with Crippen molar-refractivity contribution in [1.29, 1.82) is 0 Å². The van der Waals surface area contributed by atoms with Gasteiger partial charge in [0.1, 0.15) is 5.78 Å². The predicted molar refractivity (Wildman–Crippen MR) is 72.3 cm³/mol. The van der Waals surface area contributed by atoms with Crippen molar-refractivity contribution >= 4 is 11.7 Å². The van der Waals surface area contributed by atoms with Gasteiger partial charge in [-0.15, -0.1) is 0 Å². The van der Waals surface area contributed by atoms with Gasteiger partial charge in [0.15, 0.2) is 0 Å². The lowest BCUT2D eigenvalue weighted by molar-refractivity contribution is -0.122. The van der Waals surface area contributed by atoms with Crippen molar-refractivity contribution in [3.8, 4) is 0 Å². The van der Waals surface area contributed by atoms with Gasteiger partial charge in [-0.1, -0.05) is 13.8 Å². The van der Waals surface area contributed by atoms with Crippen LogP contribution in [0.15, 0.2) is 0 Å². The Hall–Kier alpha value is -0.900. The van der Waals surface area contributed by atoms with Crippen LogP contribution < -0.4 is 5.32 Å². The average Bonchev–Trinajstić information content (AvgIpc) is 2.69. The van der Waals surface area contributed by atoms with Crippen LogP contribution in [0.1, 0.15) is 39.5 Å². The number of hydrogen-bond acceptors (Lipinski definition) is 3. The molecule has 0 aromatic rings. The highest BCUT2D eigenvalue weighted by Gasteiger charge is 2.24. The van der Waals surface area contributed by atoms with Gasteiger partial charge in [-0.3, -0.25) is 14.5 Å². The highest BCUT2D eigenvalue weighted by molar-refractivity contribution is 5.82. The molecule has 1 saturated carbocycles. The third kappa shape index (κ3) is 5.63. The first-order valence-corrected chi connectivity index (χ1v) is 6.97. The lowest BCUT2D eigenvalue weighted by Crippen LogP contribution is -2.37. The maximum absolute atomic E-state index is 11.6. The molecule has 4 nitrogen and oxygen atoms in total. The number of hydrogen-bond donors (Lipinski definition) is 1. The number of Topliss-reactive ketones (excluding diaryl/α,β-unsaturated/α-hetero) is 1. The van der Waals surface area contributed by atoms with Crippen LogP contribution in [0, 0.1) is 11.8 Å². The van der Waals surface area contributed by atoms with Crippen LogP contribution in [-0.2, 0) is 9.59 Å². The summed E-state index contributed by atoms with van der Waals surface area (Å²) in [5.74, 6) is 1.21. The van der Waals surface area contributed by atoms with E-state index < -0.39 is 0 Å². The molecule has 0 aromatic carbocycles. The van der Waals surface area contributed by atoms with Crippen molar-refractivity contribution in [3.63, 3.8) is 0 Å². The number of carbonyl (C=O) groups is 2. The lowest BCUT2D eigenvalue weighted by atomic mass is 10.0. The average molecular weight is 254 g/mol. The smallest absolute Gasteiger partial charge is 0.234 e. The van der Waals surface area contributed by atoms with Crippen LogP contribution in [-0.4, -0.2) is 43.3 Å². The molecule has 0 aromatic heterocycles. The van der Waals surface area contributed by atoms with E-state index in [0.717, 1.165) is 38.8 Å². The molecule has 0 aliphatic heterocycles. The molecule has 1 amide bonds. The fourth-order valence-corrected chi connectivity index (χ4v) is 2.27. The van der Waals surface area contributed by atoms with E-state index in [4.69, 9.17) is 0 Å². The molecule has 104 valence electrons. The summed E-state index contributed by atoms with van der Waals surface area (Å²) in [5, 5.41) is 2.90. The van der Waals surface area contributed by atoms with Crippen LogP contribution in [0.2, 0.25) is 0 Å². The Bertz CT molecular complexity index is 290. The molecule has 1 unspecified atom stereocenters. The maximum atomic E-state index is 11.6. The molecule has 0 bridgehead atoms. The third-order valence-electron chi connectivity index (χ3n) is 3.41. The predicted octanol–water partition coefficient (Wildman–Crippen LogP) is 1.45. The summed E-state index contributed by atoms with van der Waals surface area (Å²) in [6.45, 7) is 6.14. The highest BCUT2D eigenvalue weighted by atomic mass is 16.2. The largest absolute Gasteiger partial charge is 0.355 e. The number of nitrogens with zero attached hydrogens (tertiary/aromatic N) is 1. The van der Waals surface area contributed by atoms with Crippen LogP contribution >= 0.6 is 0 Å². The van der Waals surface area contributed by atoms with Crippen molar-refractivity contribution in [2.24, 2.45) is 11.8 Å². The van der Waals surface area contributed by atoms with E-state index in [1.807, 2.05) is 11.9 Å². The number of likely N-dealkylation sites (N-methyl/N-ethyl adjacent to an activating group) is 1. The summed E-state index contributed by atoms with van der Waals surface area (Å²) in [7, 11) is 1.94. The Balaban J connectivity index is 2.14. The molecule has 18 heavy (non-hydrogen) atoms. The zero-order valence-corrected chi connectivity index (χ0v) is 11.9. The molecule has 0 spiro atoms. The number of nitrogens with one attached hydrogen (secondary N) is 1. The molecule has 1 aliphatic carbocycles. The van der Waals surface area contributed by atoms with Gasteiger partial charge in [-0.25, -0.2) is 0 Å². The van der Waals surface area contributed by atoms with Crippen LogP contribution in [0.5, 0.6) is 0 Å². The molecular weight excluding hydrogens is 228 g/mol. The van der Waals surface area contributed by atoms with Gasteiger partial charge in [0.25, 0.3) is 0 Å². The monoisotopic (exact) mass is 254 g/mol. The number of amides is 1. The Kier molecular flexibility index (Phi) is 6.33. The first-order chi connectivity index (χ1) is 8.49. The summed E-state index contributed by atoms with van der Waals surface area (Å²) in [6.07, 6.45) is 3.73. The SMILES string of the molecule is CC(C)CNC(=O)CN(C)CCC1CCCC1=O. The molecule has 0 heterocycles. The van der Waals surface area contributed by atoms with E-state index in [2.05, 4.69) is 19.2 Å². The van der Waals surface area contributed by atoms with Gasteiger partial charge in [0.05, 0.1) is 6.54 Å². The molecule has 1 N–H and O–H groups in total. The van der Waals surface area contributed by atoms with Crippen LogP contribution in [0.3, 0.4) is 0 Å². The second-order valence-electron chi connectivity index (χ2n) is 5.78. The third-order valence-corrected chi connectivity index (χ3v) is 3.41. The van der Waals surface area contributed by atoms with E-state index in [1.54, 1.807) is 0 Å². The first-order valence-electron chi connectivity index (χ1n) is 6.97. The van der Waals surface area contributed by atoms with Gasteiger partial charge in [0.2, 0.25) is 5.91 Å². The van der Waals surface area contributed by atoms with Crippen molar-refractivity contribution in [3.05, 3.63) is 0 Å². The quantitative estimate of drug-likeness (QED) is 0.748. The Labute approximate surface area is 110 Å². The molecule has 1 atom stereocenters. The molecule has 1 fully saturated rings. The number of ketones is 1.